The lowest BCUT2D eigenvalue weighted by Gasteiger charge is -2.32. The van der Waals surface area contributed by atoms with Crippen LogP contribution in [0.25, 0.3) is 11.4 Å². The summed E-state index contributed by atoms with van der Waals surface area (Å²) < 4.78 is 5.65. The molecule has 1 aromatic carbocycles. The minimum atomic E-state index is -0.0947. The summed E-state index contributed by atoms with van der Waals surface area (Å²) >= 11 is 0. The molecule has 3 rings (SSSR count). The molecule has 2 N–H and O–H groups in total. The second-order valence-electron chi connectivity index (χ2n) is 5.92. The van der Waals surface area contributed by atoms with Crippen LogP contribution in [0.2, 0.25) is 0 Å². The van der Waals surface area contributed by atoms with Crippen molar-refractivity contribution < 1.29 is 9.53 Å². The van der Waals surface area contributed by atoms with Crippen molar-refractivity contribution in [1.82, 2.24) is 20.1 Å². The van der Waals surface area contributed by atoms with Gasteiger partial charge in [-0.25, -0.2) is 9.78 Å². The number of nitrogens with zero attached hydrogens (tertiary/aromatic N) is 3. The fourth-order valence-electron chi connectivity index (χ4n) is 2.90. The van der Waals surface area contributed by atoms with Gasteiger partial charge in [0, 0.05) is 30.9 Å². The predicted molar refractivity (Wildman–Crippen MR) is 91.8 cm³/mol. The highest BCUT2D eigenvalue weighted by molar-refractivity contribution is 5.90. The molecule has 2 heterocycles. The number of aryl methyl sites for hydroxylation is 1. The van der Waals surface area contributed by atoms with Crippen LogP contribution >= 0.6 is 0 Å². The van der Waals surface area contributed by atoms with Crippen molar-refractivity contribution in [3.8, 4) is 11.4 Å². The number of rotatable bonds is 4. The Morgan fingerprint density at radius 2 is 2.38 bits per heavy atom. The molecule has 0 spiro atoms. The summed E-state index contributed by atoms with van der Waals surface area (Å²) in [5, 5.41) is 9.93. The fraction of sp³-hybridized carbons (Fsp3) is 0.471. The van der Waals surface area contributed by atoms with E-state index >= 15 is 0 Å². The van der Waals surface area contributed by atoms with Crippen LogP contribution < -0.4 is 5.32 Å². The molecule has 0 saturated carbocycles. The number of aromatic amines is 1. The zero-order chi connectivity index (χ0) is 16.9. The number of amides is 2. The normalized spacial score (nSPS) is 17.8. The molecular formula is C17H23N5O2. The monoisotopic (exact) mass is 329 g/mol. The molecule has 1 aromatic heterocycles. The SMILES string of the molecule is CCO[C@H]1CCCN(C(=O)Nc2cccc(-c3n[nH]c(C)n3)c2)C1. The summed E-state index contributed by atoms with van der Waals surface area (Å²) in [4.78, 5) is 18.6. The van der Waals surface area contributed by atoms with Gasteiger partial charge in [-0.3, -0.25) is 5.10 Å². The number of urea groups is 1. The van der Waals surface area contributed by atoms with Crippen LogP contribution in [0, 0.1) is 6.92 Å². The number of anilines is 1. The van der Waals surface area contributed by atoms with E-state index in [4.69, 9.17) is 4.74 Å². The Hall–Kier alpha value is -2.41. The molecule has 0 unspecified atom stereocenters. The minimum Gasteiger partial charge on any atom is -0.377 e. The van der Waals surface area contributed by atoms with Gasteiger partial charge in [0.25, 0.3) is 0 Å². The first kappa shape index (κ1) is 16.4. The molecule has 1 saturated heterocycles. The van der Waals surface area contributed by atoms with Gasteiger partial charge in [0.1, 0.15) is 5.82 Å². The lowest BCUT2D eigenvalue weighted by molar-refractivity contribution is 0.0181. The second kappa shape index (κ2) is 7.44. The number of ether oxygens (including phenoxy) is 1. The van der Waals surface area contributed by atoms with Crippen molar-refractivity contribution in [2.24, 2.45) is 0 Å². The average Bonchev–Trinajstić information content (AvgIpc) is 3.02. The fourth-order valence-corrected chi connectivity index (χ4v) is 2.90. The Balaban J connectivity index is 1.66. The number of hydrogen-bond donors (Lipinski definition) is 2. The smallest absolute Gasteiger partial charge is 0.321 e. The Bertz CT molecular complexity index is 698. The summed E-state index contributed by atoms with van der Waals surface area (Å²) in [6.45, 7) is 5.91. The van der Waals surface area contributed by atoms with E-state index in [1.807, 2.05) is 43.0 Å². The first-order valence-electron chi connectivity index (χ1n) is 8.32. The zero-order valence-corrected chi connectivity index (χ0v) is 14.1. The molecule has 0 aliphatic carbocycles. The molecule has 1 atom stereocenters. The van der Waals surface area contributed by atoms with Gasteiger partial charge >= 0.3 is 6.03 Å². The Morgan fingerprint density at radius 3 is 3.12 bits per heavy atom. The van der Waals surface area contributed by atoms with E-state index in [1.54, 1.807) is 0 Å². The highest BCUT2D eigenvalue weighted by atomic mass is 16.5. The van der Waals surface area contributed by atoms with Crippen molar-refractivity contribution in [2.45, 2.75) is 32.8 Å². The van der Waals surface area contributed by atoms with Gasteiger partial charge in [-0.1, -0.05) is 12.1 Å². The van der Waals surface area contributed by atoms with Crippen LogP contribution in [0.3, 0.4) is 0 Å². The number of carbonyl (C=O) groups is 1. The molecule has 0 radical (unpaired) electrons. The third-order valence-corrected chi connectivity index (χ3v) is 4.04. The van der Waals surface area contributed by atoms with E-state index in [2.05, 4.69) is 20.5 Å². The number of benzene rings is 1. The molecule has 24 heavy (non-hydrogen) atoms. The lowest BCUT2D eigenvalue weighted by atomic mass is 10.1. The van der Waals surface area contributed by atoms with Gasteiger partial charge in [-0.15, -0.1) is 0 Å². The molecule has 7 heteroatoms. The van der Waals surface area contributed by atoms with Crippen LogP contribution in [-0.4, -0.2) is 51.9 Å². The van der Waals surface area contributed by atoms with Gasteiger partial charge in [0.15, 0.2) is 5.82 Å². The van der Waals surface area contributed by atoms with Gasteiger partial charge in [0.2, 0.25) is 0 Å². The summed E-state index contributed by atoms with van der Waals surface area (Å²) in [5.74, 6) is 1.38. The number of likely N-dealkylation sites (tertiary alicyclic amines) is 1. The van der Waals surface area contributed by atoms with E-state index in [1.165, 1.54) is 0 Å². The molecule has 7 nitrogen and oxygen atoms in total. The molecule has 1 aliphatic heterocycles. The first-order valence-corrected chi connectivity index (χ1v) is 8.32. The molecule has 1 aliphatic rings. The summed E-state index contributed by atoms with van der Waals surface area (Å²) in [6.07, 6.45) is 2.11. The van der Waals surface area contributed by atoms with Gasteiger partial charge in [-0.05, 0) is 38.8 Å². The van der Waals surface area contributed by atoms with Gasteiger partial charge in [0.05, 0.1) is 6.10 Å². The predicted octanol–water partition coefficient (Wildman–Crippen LogP) is 2.81. The summed E-state index contributed by atoms with van der Waals surface area (Å²) in [7, 11) is 0. The maximum Gasteiger partial charge on any atom is 0.321 e. The molecule has 0 bridgehead atoms. The standard InChI is InChI=1S/C17H23N5O2/c1-3-24-15-8-5-9-22(11-15)17(23)19-14-7-4-6-13(10-14)16-18-12(2)20-21-16/h4,6-7,10,15H,3,5,8-9,11H2,1-2H3,(H,19,23)(H,18,20,21)/t15-/m0/s1. The van der Waals surface area contributed by atoms with Crippen LogP contribution in [-0.2, 0) is 4.74 Å². The number of piperidine rings is 1. The van der Waals surface area contributed by atoms with E-state index in [0.717, 1.165) is 36.5 Å². The third kappa shape index (κ3) is 3.91. The van der Waals surface area contributed by atoms with Crippen LogP contribution in [0.15, 0.2) is 24.3 Å². The maximum absolute atomic E-state index is 12.5. The third-order valence-electron chi connectivity index (χ3n) is 4.04. The number of carbonyl (C=O) groups excluding carboxylic acids is 1. The van der Waals surface area contributed by atoms with Crippen molar-refractivity contribution in [3.05, 3.63) is 30.1 Å². The molecule has 2 aromatic rings. The maximum atomic E-state index is 12.5. The molecular weight excluding hydrogens is 306 g/mol. The van der Waals surface area contributed by atoms with E-state index in [-0.39, 0.29) is 12.1 Å². The zero-order valence-electron chi connectivity index (χ0n) is 14.1. The molecule has 1 fully saturated rings. The second-order valence-corrected chi connectivity index (χ2v) is 5.92. The van der Waals surface area contributed by atoms with Crippen molar-refractivity contribution >= 4 is 11.7 Å². The lowest BCUT2D eigenvalue weighted by Crippen LogP contribution is -2.45. The first-order chi connectivity index (χ1) is 11.7. The van der Waals surface area contributed by atoms with Crippen LogP contribution in [0.4, 0.5) is 10.5 Å². The summed E-state index contributed by atoms with van der Waals surface area (Å²) in [6, 6.07) is 7.46. The van der Waals surface area contributed by atoms with Crippen molar-refractivity contribution in [2.75, 3.05) is 25.0 Å². The van der Waals surface area contributed by atoms with E-state index in [9.17, 15) is 4.79 Å². The minimum absolute atomic E-state index is 0.0947. The van der Waals surface area contributed by atoms with Gasteiger partial charge in [-0.2, -0.15) is 5.10 Å². The number of aromatic nitrogens is 3. The Kier molecular flexibility index (Phi) is 5.10. The highest BCUT2D eigenvalue weighted by Crippen LogP contribution is 2.20. The topological polar surface area (TPSA) is 83.1 Å². The van der Waals surface area contributed by atoms with Gasteiger partial charge < -0.3 is 15.0 Å². The molecule has 2 amide bonds. The quantitative estimate of drug-likeness (QED) is 0.903. The largest absolute Gasteiger partial charge is 0.377 e. The van der Waals surface area contributed by atoms with E-state index in [0.29, 0.717) is 19.0 Å². The van der Waals surface area contributed by atoms with E-state index < -0.39 is 0 Å². The molecule has 128 valence electrons. The number of hydrogen-bond acceptors (Lipinski definition) is 4. The van der Waals surface area contributed by atoms with Crippen LogP contribution in [0.1, 0.15) is 25.6 Å². The van der Waals surface area contributed by atoms with Crippen molar-refractivity contribution in [1.29, 1.82) is 0 Å². The summed E-state index contributed by atoms with van der Waals surface area (Å²) in [5.41, 5.74) is 1.60. The van der Waals surface area contributed by atoms with Crippen LogP contribution in [0.5, 0.6) is 0 Å². The Morgan fingerprint density at radius 1 is 1.50 bits per heavy atom. The highest BCUT2D eigenvalue weighted by Gasteiger charge is 2.23. The Labute approximate surface area is 141 Å². The number of H-pyrrole nitrogens is 1. The number of nitrogens with one attached hydrogen (secondary N) is 2. The van der Waals surface area contributed by atoms with Crippen molar-refractivity contribution in [3.63, 3.8) is 0 Å². The average molecular weight is 329 g/mol.